The molecule has 1 aromatic carbocycles. The monoisotopic (exact) mass is 326 g/mol. The number of amides is 1. The van der Waals surface area contributed by atoms with Gasteiger partial charge < -0.3 is 14.8 Å². The van der Waals surface area contributed by atoms with Crippen LogP contribution in [0.2, 0.25) is 0 Å². The lowest BCUT2D eigenvalue weighted by molar-refractivity contribution is -0.140. The third-order valence-corrected chi connectivity index (χ3v) is 4.46. The fraction of sp³-hybridized carbons (Fsp3) is 0.474. The standard InChI is InChI=1S/C19H26N4O/c1-19(2,3)18(24)22-11-8-16(9-12-22)21-15-4-6-17(7-5-15)23-13-10-20-14-23/h4-7,10,13-14,16,21H,8-9,11-12H2,1-3H3. The molecule has 0 spiro atoms. The minimum Gasteiger partial charge on any atom is -0.382 e. The van der Waals surface area contributed by atoms with Crippen LogP contribution in [0.4, 0.5) is 5.69 Å². The molecule has 0 radical (unpaired) electrons. The molecule has 1 fully saturated rings. The summed E-state index contributed by atoms with van der Waals surface area (Å²) < 4.78 is 1.99. The van der Waals surface area contributed by atoms with Crippen molar-refractivity contribution in [1.29, 1.82) is 0 Å². The number of carbonyl (C=O) groups is 1. The van der Waals surface area contributed by atoms with Crippen molar-refractivity contribution in [2.45, 2.75) is 39.7 Å². The molecule has 2 aromatic rings. The van der Waals surface area contributed by atoms with E-state index in [4.69, 9.17) is 0 Å². The van der Waals surface area contributed by atoms with Crippen LogP contribution in [0.1, 0.15) is 33.6 Å². The SMILES string of the molecule is CC(C)(C)C(=O)N1CCC(Nc2ccc(-n3ccnc3)cc2)CC1. The van der Waals surface area contributed by atoms with E-state index in [1.807, 2.05) is 36.4 Å². The smallest absolute Gasteiger partial charge is 0.227 e. The molecule has 1 aromatic heterocycles. The Morgan fingerprint density at radius 3 is 2.38 bits per heavy atom. The van der Waals surface area contributed by atoms with Crippen molar-refractivity contribution in [2.75, 3.05) is 18.4 Å². The molecule has 0 atom stereocenters. The molecule has 0 aliphatic carbocycles. The Bertz CT molecular complexity index is 662. The van der Waals surface area contributed by atoms with Crippen molar-refractivity contribution < 1.29 is 4.79 Å². The maximum absolute atomic E-state index is 12.3. The first-order valence-electron chi connectivity index (χ1n) is 8.58. The van der Waals surface area contributed by atoms with Gasteiger partial charge in [0.05, 0.1) is 6.33 Å². The molecule has 1 aliphatic heterocycles. The van der Waals surface area contributed by atoms with Crippen molar-refractivity contribution >= 4 is 11.6 Å². The predicted molar refractivity (Wildman–Crippen MR) is 96.2 cm³/mol. The summed E-state index contributed by atoms with van der Waals surface area (Å²) >= 11 is 0. The van der Waals surface area contributed by atoms with Gasteiger partial charge in [0.25, 0.3) is 0 Å². The summed E-state index contributed by atoms with van der Waals surface area (Å²) in [7, 11) is 0. The van der Waals surface area contributed by atoms with E-state index in [-0.39, 0.29) is 11.3 Å². The van der Waals surface area contributed by atoms with Crippen LogP contribution in [-0.2, 0) is 4.79 Å². The van der Waals surface area contributed by atoms with Crippen molar-refractivity contribution in [1.82, 2.24) is 14.5 Å². The normalized spacial score (nSPS) is 16.2. The number of imidazole rings is 1. The number of nitrogens with one attached hydrogen (secondary N) is 1. The maximum Gasteiger partial charge on any atom is 0.227 e. The number of rotatable bonds is 3. The molecular weight excluding hydrogens is 300 g/mol. The molecule has 1 N–H and O–H groups in total. The number of hydrogen-bond donors (Lipinski definition) is 1. The fourth-order valence-electron chi connectivity index (χ4n) is 3.08. The van der Waals surface area contributed by atoms with Crippen LogP contribution in [0.25, 0.3) is 5.69 Å². The first kappa shape index (κ1) is 16.6. The molecule has 5 nitrogen and oxygen atoms in total. The molecular formula is C19H26N4O. The second kappa shape index (κ2) is 6.67. The molecule has 1 saturated heterocycles. The highest BCUT2D eigenvalue weighted by Crippen LogP contribution is 2.23. The summed E-state index contributed by atoms with van der Waals surface area (Å²) in [5, 5.41) is 3.59. The molecule has 0 saturated carbocycles. The molecule has 3 rings (SSSR count). The molecule has 0 unspecified atom stereocenters. The van der Waals surface area contributed by atoms with E-state index in [1.54, 1.807) is 12.5 Å². The van der Waals surface area contributed by atoms with Crippen LogP contribution in [0, 0.1) is 5.41 Å². The minimum atomic E-state index is -0.288. The molecule has 128 valence electrons. The molecule has 5 heteroatoms. The molecule has 24 heavy (non-hydrogen) atoms. The number of piperidine rings is 1. The Balaban J connectivity index is 1.54. The van der Waals surface area contributed by atoms with E-state index >= 15 is 0 Å². The highest BCUT2D eigenvalue weighted by Gasteiger charge is 2.30. The highest BCUT2D eigenvalue weighted by atomic mass is 16.2. The van der Waals surface area contributed by atoms with E-state index in [1.165, 1.54) is 0 Å². The van der Waals surface area contributed by atoms with Gasteiger partial charge in [0.15, 0.2) is 0 Å². The van der Waals surface area contributed by atoms with Crippen molar-refractivity contribution in [3.63, 3.8) is 0 Å². The second-order valence-electron chi connectivity index (χ2n) is 7.48. The number of likely N-dealkylation sites (tertiary alicyclic amines) is 1. The van der Waals surface area contributed by atoms with Gasteiger partial charge in [-0.15, -0.1) is 0 Å². The second-order valence-corrected chi connectivity index (χ2v) is 7.48. The van der Waals surface area contributed by atoms with Gasteiger partial charge in [-0.3, -0.25) is 4.79 Å². The summed E-state index contributed by atoms with van der Waals surface area (Å²) in [4.78, 5) is 18.4. The van der Waals surface area contributed by atoms with Gasteiger partial charge >= 0.3 is 0 Å². The first-order chi connectivity index (χ1) is 11.4. The Labute approximate surface area is 143 Å². The molecule has 2 heterocycles. The van der Waals surface area contributed by atoms with Crippen LogP contribution in [0.5, 0.6) is 0 Å². The van der Waals surface area contributed by atoms with E-state index in [9.17, 15) is 4.79 Å². The van der Waals surface area contributed by atoms with Gasteiger partial charge in [-0.2, -0.15) is 0 Å². The van der Waals surface area contributed by atoms with E-state index in [2.05, 4.69) is 34.6 Å². The number of carbonyl (C=O) groups excluding carboxylic acids is 1. The van der Waals surface area contributed by atoms with Gasteiger partial charge in [-0.05, 0) is 37.1 Å². The molecule has 0 bridgehead atoms. The zero-order valence-corrected chi connectivity index (χ0v) is 14.7. The fourth-order valence-corrected chi connectivity index (χ4v) is 3.08. The van der Waals surface area contributed by atoms with Gasteiger partial charge in [-0.25, -0.2) is 4.98 Å². The van der Waals surface area contributed by atoms with Crippen LogP contribution < -0.4 is 5.32 Å². The van der Waals surface area contributed by atoms with Crippen LogP contribution in [-0.4, -0.2) is 39.5 Å². The lowest BCUT2D eigenvalue weighted by Crippen LogP contribution is -2.46. The van der Waals surface area contributed by atoms with Gasteiger partial charge in [0.1, 0.15) is 0 Å². The molecule has 1 aliphatic rings. The number of benzene rings is 1. The van der Waals surface area contributed by atoms with Gasteiger partial charge in [0, 0.05) is 48.3 Å². The maximum atomic E-state index is 12.3. The zero-order valence-electron chi connectivity index (χ0n) is 14.7. The summed E-state index contributed by atoms with van der Waals surface area (Å²) in [5.41, 5.74) is 1.94. The van der Waals surface area contributed by atoms with Gasteiger partial charge in [-0.1, -0.05) is 20.8 Å². The topological polar surface area (TPSA) is 50.2 Å². The third-order valence-electron chi connectivity index (χ3n) is 4.46. The Kier molecular flexibility index (Phi) is 4.60. The van der Waals surface area contributed by atoms with Crippen LogP contribution >= 0.6 is 0 Å². The van der Waals surface area contributed by atoms with E-state index < -0.39 is 0 Å². The van der Waals surface area contributed by atoms with Crippen LogP contribution in [0.3, 0.4) is 0 Å². The third kappa shape index (κ3) is 3.78. The van der Waals surface area contributed by atoms with Crippen molar-refractivity contribution in [3.05, 3.63) is 43.0 Å². The number of hydrogen-bond acceptors (Lipinski definition) is 3. The van der Waals surface area contributed by atoms with Crippen molar-refractivity contribution in [2.24, 2.45) is 5.41 Å². The largest absolute Gasteiger partial charge is 0.382 e. The first-order valence-corrected chi connectivity index (χ1v) is 8.58. The summed E-state index contributed by atoms with van der Waals surface area (Å²) in [6.45, 7) is 7.63. The molecule has 1 amide bonds. The zero-order chi connectivity index (χ0) is 17.2. The summed E-state index contributed by atoms with van der Waals surface area (Å²) in [6.07, 6.45) is 7.49. The average Bonchev–Trinajstić information content (AvgIpc) is 3.09. The highest BCUT2D eigenvalue weighted by molar-refractivity contribution is 5.81. The average molecular weight is 326 g/mol. The van der Waals surface area contributed by atoms with Gasteiger partial charge in [0.2, 0.25) is 5.91 Å². The summed E-state index contributed by atoms with van der Waals surface area (Å²) in [6, 6.07) is 8.79. The Morgan fingerprint density at radius 2 is 1.83 bits per heavy atom. The van der Waals surface area contributed by atoms with Crippen molar-refractivity contribution in [3.8, 4) is 5.69 Å². The minimum absolute atomic E-state index is 0.255. The predicted octanol–water partition coefficient (Wildman–Crippen LogP) is 3.32. The summed E-state index contributed by atoms with van der Waals surface area (Å²) in [5.74, 6) is 0.255. The number of anilines is 1. The number of nitrogens with zero attached hydrogens (tertiary/aromatic N) is 3. The Hall–Kier alpha value is -2.30. The quantitative estimate of drug-likeness (QED) is 0.941. The van der Waals surface area contributed by atoms with Crippen LogP contribution in [0.15, 0.2) is 43.0 Å². The lowest BCUT2D eigenvalue weighted by Gasteiger charge is -2.36. The lowest BCUT2D eigenvalue weighted by atomic mass is 9.93. The number of aromatic nitrogens is 2. The van der Waals surface area contributed by atoms with E-state index in [0.717, 1.165) is 37.3 Å². The Morgan fingerprint density at radius 1 is 1.17 bits per heavy atom. The van der Waals surface area contributed by atoms with E-state index in [0.29, 0.717) is 6.04 Å².